The predicted molar refractivity (Wildman–Crippen MR) is 105 cm³/mol. The van der Waals surface area contributed by atoms with E-state index in [2.05, 4.69) is 15.3 Å². The lowest BCUT2D eigenvalue weighted by molar-refractivity contribution is -0.385. The van der Waals surface area contributed by atoms with Crippen LogP contribution in [-0.4, -0.2) is 33.1 Å². The third-order valence-corrected chi connectivity index (χ3v) is 3.94. The molecule has 0 aliphatic rings. The normalized spacial score (nSPS) is 11.3. The Morgan fingerprint density at radius 3 is 2.70 bits per heavy atom. The summed E-state index contributed by atoms with van der Waals surface area (Å²) in [7, 11) is 1.60. The van der Waals surface area contributed by atoms with Gasteiger partial charge in [-0.25, -0.2) is 5.10 Å². The monoisotopic (exact) mass is 381 g/mol. The van der Waals surface area contributed by atoms with Crippen molar-refractivity contribution >= 4 is 30.2 Å². The molecule has 1 N–H and O–H groups in total. The van der Waals surface area contributed by atoms with Crippen LogP contribution in [0.15, 0.2) is 59.7 Å². The second kappa shape index (κ2) is 8.19. The van der Waals surface area contributed by atoms with Gasteiger partial charge in [-0.2, -0.15) is 14.9 Å². The number of H-pyrrole nitrogens is 1. The number of aromatic nitrogens is 3. The Morgan fingerprint density at radius 2 is 2.00 bits per heavy atom. The summed E-state index contributed by atoms with van der Waals surface area (Å²) < 4.78 is 6.95. The highest BCUT2D eigenvalue weighted by molar-refractivity contribution is 7.71. The zero-order valence-electron chi connectivity index (χ0n) is 14.3. The summed E-state index contributed by atoms with van der Waals surface area (Å²) in [6.07, 6.45) is 4.71. The van der Waals surface area contributed by atoms with E-state index in [0.717, 1.165) is 11.3 Å². The molecule has 3 rings (SSSR count). The van der Waals surface area contributed by atoms with Gasteiger partial charge in [-0.1, -0.05) is 12.1 Å². The molecule has 3 aromatic rings. The number of benzene rings is 2. The highest BCUT2D eigenvalue weighted by Gasteiger charge is 2.09. The molecule has 0 saturated carbocycles. The zero-order valence-corrected chi connectivity index (χ0v) is 15.1. The summed E-state index contributed by atoms with van der Waals surface area (Å²) in [5, 5.41) is 22.2. The SMILES string of the molecule is COc1ccc(-c2n[nH]c(=S)n2/N=C\C=C/c2ccccc2[N+](=O)[O-])cc1. The van der Waals surface area contributed by atoms with Gasteiger partial charge in [0.1, 0.15) is 5.75 Å². The second-order valence-corrected chi connectivity index (χ2v) is 5.72. The fourth-order valence-electron chi connectivity index (χ4n) is 2.37. The lowest BCUT2D eigenvalue weighted by Gasteiger charge is -2.02. The Balaban J connectivity index is 1.85. The maximum atomic E-state index is 11.0. The largest absolute Gasteiger partial charge is 0.497 e. The number of nitro benzene ring substituents is 1. The molecule has 136 valence electrons. The number of hydrogen-bond donors (Lipinski definition) is 1. The number of ether oxygens (including phenoxy) is 1. The van der Waals surface area contributed by atoms with Crippen LogP contribution in [0.1, 0.15) is 5.56 Å². The van der Waals surface area contributed by atoms with Gasteiger partial charge in [0.15, 0.2) is 5.82 Å². The van der Waals surface area contributed by atoms with Crippen LogP contribution in [0.5, 0.6) is 5.75 Å². The van der Waals surface area contributed by atoms with E-state index in [4.69, 9.17) is 17.0 Å². The number of para-hydroxylation sites is 1. The van der Waals surface area contributed by atoms with Gasteiger partial charge in [0.25, 0.3) is 5.69 Å². The van der Waals surface area contributed by atoms with Crippen molar-refractivity contribution in [2.45, 2.75) is 0 Å². The van der Waals surface area contributed by atoms with Gasteiger partial charge in [-0.3, -0.25) is 10.1 Å². The maximum absolute atomic E-state index is 11.0. The molecular formula is C18H15N5O3S. The molecule has 0 spiro atoms. The molecule has 0 saturated heterocycles. The fraction of sp³-hybridized carbons (Fsp3) is 0.0556. The number of nitrogens with one attached hydrogen (secondary N) is 1. The molecule has 0 fully saturated rings. The lowest BCUT2D eigenvalue weighted by Crippen LogP contribution is -1.94. The number of rotatable bonds is 6. The number of aromatic amines is 1. The Hall–Kier alpha value is -3.59. The van der Waals surface area contributed by atoms with Gasteiger partial charge in [0.05, 0.1) is 17.6 Å². The maximum Gasteiger partial charge on any atom is 0.276 e. The van der Waals surface area contributed by atoms with Crippen LogP contribution in [-0.2, 0) is 0 Å². The van der Waals surface area contributed by atoms with Crippen molar-refractivity contribution in [2.24, 2.45) is 5.10 Å². The number of hydrogen-bond acceptors (Lipinski definition) is 6. The van der Waals surface area contributed by atoms with Gasteiger partial charge < -0.3 is 4.74 Å². The van der Waals surface area contributed by atoms with E-state index in [1.165, 1.54) is 17.0 Å². The molecule has 0 aliphatic heterocycles. The molecule has 1 aromatic heterocycles. The number of methoxy groups -OCH3 is 1. The highest BCUT2D eigenvalue weighted by atomic mass is 32.1. The summed E-state index contributed by atoms with van der Waals surface area (Å²) in [4.78, 5) is 10.6. The third-order valence-electron chi connectivity index (χ3n) is 3.68. The molecule has 0 aliphatic carbocycles. The minimum atomic E-state index is -0.426. The van der Waals surface area contributed by atoms with Gasteiger partial charge in [-0.15, -0.1) is 0 Å². The van der Waals surface area contributed by atoms with E-state index in [1.807, 2.05) is 24.3 Å². The van der Waals surface area contributed by atoms with Crippen molar-refractivity contribution in [3.05, 3.63) is 75.1 Å². The molecular weight excluding hydrogens is 366 g/mol. The standard InChI is InChI=1S/C18H15N5O3S/c1-26-15-10-8-14(9-11-15)17-20-21-18(27)22(17)19-12-4-6-13-5-2-3-7-16(13)23(24)25/h2-12H,1H3,(H,21,27)/b6-4-,19-12-. The van der Waals surface area contributed by atoms with Gasteiger partial charge >= 0.3 is 0 Å². The van der Waals surface area contributed by atoms with Crippen LogP contribution < -0.4 is 4.74 Å². The van der Waals surface area contributed by atoms with Crippen molar-refractivity contribution in [3.8, 4) is 17.1 Å². The van der Waals surface area contributed by atoms with Crippen molar-refractivity contribution in [3.63, 3.8) is 0 Å². The van der Waals surface area contributed by atoms with Crippen LogP contribution in [0.25, 0.3) is 17.5 Å². The predicted octanol–water partition coefficient (Wildman–Crippen LogP) is 4.07. The minimum absolute atomic E-state index is 0.0287. The number of allylic oxidation sites excluding steroid dienone is 1. The first-order chi connectivity index (χ1) is 13.1. The molecule has 0 bridgehead atoms. The molecule has 0 unspecified atom stereocenters. The molecule has 27 heavy (non-hydrogen) atoms. The van der Waals surface area contributed by atoms with E-state index in [-0.39, 0.29) is 5.69 Å². The quantitative estimate of drug-likeness (QED) is 0.300. The molecule has 2 aromatic carbocycles. The van der Waals surface area contributed by atoms with Crippen LogP contribution in [0.2, 0.25) is 0 Å². The first-order valence-electron chi connectivity index (χ1n) is 7.86. The molecule has 8 nitrogen and oxygen atoms in total. The number of nitro groups is 1. The van der Waals surface area contributed by atoms with Crippen molar-refractivity contribution in [1.29, 1.82) is 0 Å². The van der Waals surface area contributed by atoms with Crippen molar-refractivity contribution < 1.29 is 9.66 Å². The molecule has 0 atom stereocenters. The van der Waals surface area contributed by atoms with Gasteiger partial charge in [0, 0.05) is 17.8 Å². The Morgan fingerprint density at radius 1 is 1.26 bits per heavy atom. The molecule has 0 amide bonds. The highest BCUT2D eigenvalue weighted by Crippen LogP contribution is 2.21. The average molecular weight is 381 g/mol. The van der Waals surface area contributed by atoms with Crippen LogP contribution in [0.3, 0.4) is 0 Å². The van der Waals surface area contributed by atoms with Gasteiger partial charge in [0.2, 0.25) is 4.77 Å². The first kappa shape index (κ1) is 18.2. The fourth-order valence-corrected chi connectivity index (χ4v) is 2.55. The van der Waals surface area contributed by atoms with Crippen LogP contribution >= 0.6 is 12.2 Å². The average Bonchev–Trinajstić information content (AvgIpc) is 3.06. The van der Waals surface area contributed by atoms with Crippen molar-refractivity contribution in [2.75, 3.05) is 7.11 Å². The molecule has 9 heteroatoms. The third kappa shape index (κ3) is 4.15. The second-order valence-electron chi connectivity index (χ2n) is 5.33. The zero-order chi connectivity index (χ0) is 19.2. The minimum Gasteiger partial charge on any atom is -0.497 e. The number of nitrogens with zero attached hydrogens (tertiary/aromatic N) is 4. The summed E-state index contributed by atoms with van der Waals surface area (Å²) in [5.41, 5.74) is 1.32. The molecule has 0 radical (unpaired) electrons. The lowest BCUT2D eigenvalue weighted by atomic mass is 10.2. The smallest absolute Gasteiger partial charge is 0.276 e. The summed E-state index contributed by atoms with van der Waals surface area (Å²) in [6, 6.07) is 13.8. The molecule has 1 heterocycles. The first-order valence-corrected chi connectivity index (χ1v) is 8.27. The van der Waals surface area contributed by atoms with E-state index < -0.39 is 4.92 Å². The van der Waals surface area contributed by atoms with Crippen LogP contribution in [0, 0.1) is 14.9 Å². The summed E-state index contributed by atoms with van der Waals surface area (Å²) >= 11 is 5.21. The summed E-state index contributed by atoms with van der Waals surface area (Å²) in [5.74, 6) is 1.27. The van der Waals surface area contributed by atoms with E-state index >= 15 is 0 Å². The topological polar surface area (TPSA) is 98.3 Å². The van der Waals surface area contributed by atoms with E-state index in [9.17, 15) is 10.1 Å². The van der Waals surface area contributed by atoms with Crippen LogP contribution in [0.4, 0.5) is 5.69 Å². The Labute approximate surface area is 159 Å². The van der Waals surface area contributed by atoms with Crippen molar-refractivity contribution in [1.82, 2.24) is 14.9 Å². The van der Waals surface area contributed by atoms with E-state index in [1.54, 1.807) is 37.5 Å². The Bertz CT molecular complexity index is 1070. The van der Waals surface area contributed by atoms with E-state index in [0.29, 0.717) is 16.2 Å². The Kier molecular flexibility index (Phi) is 5.53. The summed E-state index contributed by atoms with van der Waals surface area (Å²) in [6.45, 7) is 0. The van der Waals surface area contributed by atoms with Gasteiger partial charge in [-0.05, 0) is 54.7 Å².